The molecule has 1 aliphatic carbocycles. The zero-order valence-corrected chi connectivity index (χ0v) is 10.6. The third kappa shape index (κ3) is 3.08. The molecule has 0 aliphatic heterocycles. The first-order chi connectivity index (χ1) is 7.66. The first-order valence-electron chi connectivity index (χ1n) is 6.44. The van der Waals surface area contributed by atoms with Gasteiger partial charge in [0.25, 0.3) is 0 Å². The Morgan fingerprint density at radius 1 is 1.44 bits per heavy atom. The van der Waals surface area contributed by atoms with Gasteiger partial charge in [-0.05, 0) is 39.7 Å². The zero-order chi connectivity index (χ0) is 11.5. The van der Waals surface area contributed by atoms with E-state index in [2.05, 4.69) is 37.4 Å². The first kappa shape index (κ1) is 11.6. The number of hydrogen-bond donors (Lipinski definition) is 1. The second-order valence-corrected chi connectivity index (χ2v) is 5.26. The van der Waals surface area contributed by atoms with Crippen molar-refractivity contribution in [2.24, 2.45) is 5.92 Å². The Bertz CT molecular complexity index is 326. The van der Waals surface area contributed by atoms with Crippen molar-refractivity contribution >= 4 is 0 Å². The van der Waals surface area contributed by atoms with Crippen LogP contribution in [0.4, 0.5) is 0 Å². The summed E-state index contributed by atoms with van der Waals surface area (Å²) in [6.07, 6.45) is 8.36. The van der Waals surface area contributed by atoms with Gasteiger partial charge in [-0.1, -0.05) is 12.8 Å². The first-order valence-corrected chi connectivity index (χ1v) is 6.44. The van der Waals surface area contributed by atoms with E-state index in [0.29, 0.717) is 12.1 Å². The molecule has 1 fully saturated rings. The van der Waals surface area contributed by atoms with Crippen molar-refractivity contribution in [2.45, 2.75) is 52.1 Å². The SMILES string of the molecule is CC(NCCC1CC1)c1cnn(C(C)C)c1. The Kier molecular flexibility index (Phi) is 3.64. The molecule has 1 aromatic heterocycles. The van der Waals surface area contributed by atoms with Gasteiger partial charge in [0, 0.05) is 23.8 Å². The van der Waals surface area contributed by atoms with Gasteiger partial charge < -0.3 is 5.32 Å². The molecule has 0 saturated heterocycles. The normalized spacial score (nSPS) is 18.0. The molecule has 2 rings (SSSR count). The summed E-state index contributed by atoms with van der Waals surface area (Å²) in [5.41, 5.74) is 1.30. The van der Waals surface area contributed by atoms with Gasteiger partial charge in [0.2, 0.25) is 0 Å². The summed E-state index contributed by atoms with van der Waals surface area (Å²) in [6.45, 7) is 7.66. The van der Waals surface area contributed by atoms with Crippen LogP contribution >= 0.6 is 0 Å². The maximum Gasteiger partial charge on any atom is 0.0537 e. The summed E-state index contributed by atoms with van der Waals surface area (Å²) in [4.78, 5) is 0. The fraction of sp³-hybridized carbons (Fsp3) is 0.769. The highest BCUT2D eigenvalue weighted by atomic mass is 15.3. The van der Waals surface area contributed by atoms with Crippen LogP contribution in [0, 0.1) is 5.92 Å². The van der Waals surface area contributed by atoms with E-state index in [4.69, 9.17) is 0 Å². The molecular weight excluding hydrogens is 198 g/mol. The van der Waals surface area contributed by atoms with Gasteiger partial charge in [0.05, 0.1) is 6.20 Å². The molecule has 0 bridgehead atoms. The predicted molar refractivity (Wildman–Crippen MR) is 66.4 cm³/mol. The van der Waals surface area contributed by atoms with Crippen LogP contribution in [-0.2, 0) is 0 Å². The van der Waals surface area contributed by atoms with Crippen LogP contribution in [-0.4, -0.2) is 16.3 Å². The van der Waals surface area contributed by atoms with Crippen LogP contribution in [0.2, 0.25) is 0 Å². The highest BCUT2D eigenvalue weighted by Gasteiger charge is 2.20. The van der Waals surface area contributed by atoms with Crippen molar-refractivity contribution in [2.75, 3.05) is 6.54 Å². The predicted octanol–water partition coefficient (Wildman–Crippen LogP) is 2.91. The smallest absolute Gasteiger partial charge is 0.0537 e. The zero-order valence-electron chi connectivity index (χ0n) is 10.6. The van der Waals surface area contributed by atoms with Gasteiger partial charge in [-0.3, -0.25) is 4.68 Å². The molecule has 1 aromatic rings. The maximum atomic E-state index is 4.37. The lowest BCUT2D eigenvalue weighted by molar-refractivity contribution is 0.524. The minimum Gasteiger partial charge on any atom is -0.310 e. The third-order valence-electron chi connectivity index (χ3n) is 3.35. The Labute approximate surface area is 98.2 Å². The number of rotatable bonds is 6. The van der Waals surface area contributed by atoms with Crippen molar-refractivity contribution in [1.29, 1.82) is 0 Å². The number of nitrogens with one attached hydrogen (secondary N) is 1. The quantitative estimate of drug-likeness (QED) is 0.800. The maximum absolute atomic E-state index is 4.37. The average Bonchev–Trinajstić information content (AvgIpc) is 2.93. The molecule has 0 amide bonds. The highest BCUT2D eigenvalue weighted by molar-refractivity contribution is 5.09. The van der Waals surface area contributed by atoms with Gasteiger partial charge in [-0.15, -0.1) is 0 Å². The lowest BCUT2D eigenvalue weighted by Crippen LogP contribution is -2.19. The van der Waals surface area contributed by atoms with Gasteiger partial charge in [0.1, 0.15) is 0 Å². The van der Waals surface area contributed by atoms with E-state index in [-0.39, 0.29) is 0 Å². The summed E-state index contributed by atoms with van der Waals surface area (Å²) in [6, 6.07) is 0.874. The van der Waals surface area contributed by atoms with E-state index in [1.54, 1.807) is 0 Å². The molecule has 1 atom stereocenters. The van der Waals surface area contributed by atoms with Crippen LogP contribution in [0.3, 0.4) is 0 Å². The van der Waals surface area contributed by atoms with Gasteiger partial charge in [0.15, 0.2) is 0 Å². The molecule has 0 radical (unpaired) electrons. The van der Waals surface area contributed by atoms with Crippen LogP contribution < -0.4 is 5.32 Å². The Morgan fingerprint density at radius 3 is 2.75 bits per heavy atom. The van der Waals surface area contributed by atoms with E-state index < -0.39 is 0 Å². The molecular formula is C13H23N3. The molecule has 3 heteroatoms. The Balaban J connectivity index is 1.79. The molecule has 3 nitrogen and oxygen atoms in total. The van der Waals surface area contributed by atoms with Gasteiger partial charge >= 0.3 is 0 Å². The summed E-state index contributed by atoms with van der Waals surface area (Å²) in [5, 5.41) is 7.94. The Hall–Kier alpha value is -0.830. The average molecular weight is 221 g/mol. The topological polar surface area (TPSA) is 29.9 Å². The fourth-order valence-corrected chi connectivity index (χ4v) is 1.89. The van der Waals surface area contributed by atoms with E-state index in [9.17, 15) is 0 Å². The molecule has 0 spiro atoms. The minimum absolute atomic E-state index is 0.422. The van der Waals surface area contributed by atoms with E-state index in [1.807, 2.05) is 10.9 Å². The van der Waals surface area contributed by atoms with Crippen LogP contribution in [0.1, 0.15) is 57.7 Å². The lowest BCUT2D eigenvalue weighted by Gasteiger charge is -2.11. The second-order valence-electron chi connectivity index (χ2n) is 5.26. The van der Waals surface area contributed by atoms with Gasteiger partial charge in [-0.2, -0.15) is 5.10 Å². The molecule has 1 unspecified atom stereocenters. The largest absolute Gasteiger partial charge is 0.310 e. The number of aromatic nitrogens is 2. The molecule has 90 valence electrons. The van der Waals surface area contributed by atoms with Crippen LogP contribution in [0.5, 0.6) is 0 Å². The second kappa shape index (κ2) is 5.00. The number of hydrogen-bond acceptors (Lipinski definition) is 2. The molecule has 1 aliphatic rings. The third-order valence-corrected chi connectivity index (χ3v) is 3.35. The monoisotopic (exact) mass is 221 g/mol. The van der Waals surface area contributed by atoms with E-state index >= 15 is 0 Å². The molecule has 1 N–H and O–H groups in total. The summed E-state index contributed by atoms with van der Waals surface area (Å²) >= 11 is 0. The lowest BCUT2D eigenvalue weighted by atomic mass is 10.2. The van der Waals surface area contributed by atoms with E-state index in [1.165, 1.54) is 24.8 Å². The van der Waals surface area contributed by atoms with Crippen molar-refractivity contribution < 1.29 is 0 Å². The fourth-order valence-electron chi connectivity index (χ4n) is 1.89. The van der Waals surface area contributed by atoms with Crippen molar-refractivity contribution in [3.63, 3.8) is 0 Å². The highest BCUT2D eigenvalue weighted by Crippen LogP contribution is 2.31. The van der Waals surface area contributed by atoms with Crippen LogP contribution in [0.25, 0.3) is 0 Å². The van der Waals surface area contributed by atoms with E-state index in [0.717, 1.165) is 12.5 Å². The van der Waals surface area contributed by atoms with Crippen molar-refractivity contribution in [1.82, 2.24) is 15.1 Å². The molecule has 1 saturated carbocycles. The van der Waals surface area contributed by atoms with Crippen molar-refractivity contribution in [3.05, 3.63) is 18.0 Å². The van der Waals surface area contributed by atoms with Crippen LogP contribution in [0.15, 0.2) is 12.4 Å². The summed E-state index contributed by atoms with van der Waals surface area (Å²) < 4.78 is 2.02. The minimum atomic E-state index is 0.422. The molecule has 1 heterocycles. The Morgan fingerprint density at radius 2 is 2.19 bits per heavy atom. The summed E-state index contributed by atoms with van der Waals surface area (Å²) in [7, 11) is 0. The molecule has 0 aromatic carbocycles. The molecule has 16 heavy (non-hydrogen) atoms. The van der Waals surface area contributed by atoms with Gasteiger partial charge in [-0.25, -0.2) is 0 Å². The standard InChI is InChI=1S/C13H23N3/c1-10(2)16-9-13(8-15-16)11(3)14-7-6-12-4-5-12/h8-12,14H,4-7H2,1-3H3. The number of nitrogens with zero attached hydrogens (tertiary/aromatic N) is 2. The summed E-state index contributed by atoms with van der Waals surface area (Å²) in [5.74, 6) is 1.01. The van der Waals surface area contributed by atoms with Crippen molar-refractivity contribution in [3.8, 4) is 0 Å².